The van der Waals surface area contributed by atoms with Crippen LogP contribution in [-0.4, -0.2) is 55.7 Å². The van der Waals surface area contributed by atoms with Gasteiger partial charge in [-0.3, -0.25) is 0 Å². The van der Waals surface area contributed by atoms with Gasteiger partial charge in [0.25, 0.3) is 0 Å². The molecule has 8 nitrogen and oxygen atoms in total. The first-order chi connectivity index (χ1) is 17.1. The van der Waals surface area contributed by atoms with Crippen LogP contribution in [0.1, 0.15) is 39.0 Å². The Labute approximate surface area is 206 Å². The SMILES string of the molecule is CCCCCN1CCC(CCOc2ccc(Oc3ccccc3)cc2)C(OC)C12OC(=O)C(=O)O2. The van der Waals surface area contributed by atoms with Crippen LogP contribution in [0.2, 0.25) is 0 Å². The number of carbonyl (C=O) groups is 2. The van der Waals surface area contributed by atoms with Crippen molar-refractivity contribution >= 4 is 11.9 Å². The molecule has 2 fully saturated rings. The molecule has 0 aromatic heterocycles. The van der Waals surface area contributed by atoms with Crippen LogP contribution in [0.25, 0.3) is 0 Å². The van der Waals surface area contributed by atoms with Crippen LogP contribution in [0.4, 0.5) is 0 Å². The van der Waals surface area contributed by atoms with Crippen LogP contribution in [0.15, 0.2) is 54.6 Å². The molecule has 0 saturated carbocycles. The van der Waals surface area contributed by atoms with Gasteiger partial charge in [0, 0.05) is 20.2 Å². The van der Waals surface area contributed by atoms with E-state index in [1.165, 1.54) is 0 Å². The summed E-state index contributed by atoms with van der Waals surface area (Å²) in [7, 11) is 1.56. The normalized spacial score (nSPS) is 21.5. The largest absolute Gasteiger partial charge is 0.494 e. The minimum atomic E-state index is -1.50. The van der Waals surface area contributed by atoms with Crippen LogP contribution in [-0.2, 0) is 23.8 Å². The molecule has 2 heterocycles. The molecule has 1 spiro atoms. The van der Waals surface area contributed by atoms with E-state index < -0.39 is 24.0 Å². The predicted octanol–water partition coefficient (Wildman–Crippen LogP) is 4.53. The zero-order valence-corrected chi connectivity index (χ0v) is 20.3. The molecule has 0 radical (unpaired) electrons. The number of esters is 2. The summed E-state index contributed by atoms with van der Waals surface area (Å²) in [5, 5.41) is 0. The molecular weight excluding hydrogens is 450 g/mol. The van der Waals surface area contributed by atoms with E-state index >= 15 is 0 Å². The summed E-state index contributed by atoms with van der Waals surface area (Å²) in [6.45, 7) is 3.87. The van der Waals surface area contributed by atoms with Gasteiger partial charge >= 0.3 is 17.8 Å². The van der Waals surface area contributed by atoms with Gasteiger partial charge in [0.15, 0.2) is 6.10 Å². The molecule has 2 aromatic carbocycles. The Morgan fingerprint density at radius 3 is 2.26 bits per heavy atom. The molecule has 0 aliphatic carbocycles. The number of likely N-dealkylation sites (tertiary alicyclic amines) is 1. The van der Waals surface area contributed by atoms with Crippen LogP contribution in [0, 0.1) is 5.92 Å². The lowest BCUT2D eigenvalue weighted by Crippen LogP contribution is -2.65. The van der Waals surface area contributed by atoms with Crippen molar-refractivity contribution in [3.63, 3.8) is 0 Å². The van der Waals surface area contributed by atoms with E-state index in [-0.39, 0.29) is 5.92 Å². The zero-order chi connectivity index (χ0) is 24.7. The summed E-state index contributed by atoms with van der Waals surface area (Å²) in [4.78, 5) is 26.0. The highest BCUT2D eigenvalue weighted by atomic mass is 16.8. The van der Waals surface area contributed by atoms with E-state index in [4.69, 9.17) is 23.7 Å². The van der Waals surface area contributed by atoms with Crippen LogP contribution >= 0.6 is 0 Å². The summed E-state index contributed by atoms with van der Waals surface area (Å²) in [5.41, 5.74) is 0. The van der Waals surface area contributed by atoms with Crippen molar-refractivity contribution in [2.45, 2.75) is 51.0 Å². The van der Waals surface area contributed by atoms with Crippen molar-refractivity contribution in [3.05, 3.63) is 54.6 Å². The Hall–Kier alpha value is -3.10. The maximum absolute atomic E-state index is 12.0. The van der Waals surface area contributed by atoms with Crippen molar-refractivity contribution in [1.29, 1.82) is 0 Å². The third-order valence-electron chi connectivity index (χ3n) is 6.49. The summed E-state index contributed by atoms with van der Waals surface area (Å²) >= 11 is 0. The van der Waals surface area contributed by atoms with Gasteiger partial charge in [0.2, 0.25) is 0 Å². The lowest BCUT2D eigenvalue weighted by Gasteiger charge is -2.48. The first-order valence-electron chi connectivity index (χ1n) is 12.3. The van der Waals surface area contributed by atoms with Gasteiger partial charge in [-0.1, -0.05) is 38.0 Å². The van der Waals surface area contributed by atoms with Gasteiger partial charge in [-0.25, -0.2) is 14.5 Å². The molecule has 4 rings (SSSR count). The number of benzene rings is 2. The fourth-order valence-electron chi connectivity index (χ4n) is 4.74. The molecule has 2 aliphatic rings. The lowest BCUT2D eigenvalue weighted by molar-refractivity contribution is -0.322. The third-order valence-corrected chi connectivity index (χ3v) is 6.49. The Kier molecular flexibility index (Phi) is 8.25. The van der Waals surface area contributed by atoms with E-state index in [2.05, 4.69) is 6.92 Å². The summed E-state index contributed by atoms with van der Waals surface area (Å²) < 4.78 is 28.6. The summed E-state index contributed by atoms with van der Waals surface area (Å²) in [6.07, 6.45) is 3.89. The second-order valence-corrected chi connectivity index (χ2v) is 8.83. The van der Waals surface area contributed by atoms with Crippen LogP contribution in [0.3, 0.4) is 0 Å². The van der Waals surface area contributed by atoms with Gasteiger partial charge < -0.3 is 23.7 Å². The number of ether oxygens (including phenoxy) is 5. The fraction of sp³-hybridized carbons (Fsp3) is 0.481. The average molecular weight is 484 g/mol. The Balaban J connectivity index is 1.35. The third kappa shape index (κ3) is 5.77. The molecule has 0 N–H and O–H groups in total. The fourth-order valence-corrected chi connectivity index (χ4v) is 4.74. The molecule has 2 aliphatic heterocycles. The van der Waals surface area contributed by atoms with E-state index in [1.807, 2.05) is 59.5 Å². The maximum atomic E-state index is 12.0. The second-order valence-electron chi connectivity index (χ2n) is 8.83. The average Bonchev–Trinajstić information content (AvgIpc) is 3.16. The van der Waals surface area contributed by atoms with Gasteiger partial charge in [-0.2, -0.15) is 0 Å². The smallest absolute Gasteiger partial charge is 0.422 e. The second kappa shape index (κ2) is 11.6. The van der Waals surface area contributed by atoms with Crippen LogP contribution in [0.5, 0.6) is 17.2 Å². The molecule has 2 atom stereocenters. The number of carbonyl (C=O) groups excluding carboxylic acids is 2. The van der Waals surface area contributed by atoms with Gasteiger partial charge in [0.1, 0.15) is 17.2 Å². The van der Waals surface area contributed by atoms with Gasteiger partial charge in [-0.15, -0.1) is 0 Å². The molecule has 35 heavy (non-hydrogen) atoms. The Bertz CT molecular complexity index is 963. The van der Waals surface area contributed by atoms with E-state index in [0.29, 0.717) is 26.1 Å². The number of piperidine rings is 1. The first-order valence-corrected chi connectivity index (χ1v) is 12.3. The number of rotatable bonds is 11. The topological polar surface area (TPSA) is 83.5 Å². The summed E-state index contributed by atoms with van der Waals surface area (Å²) in [5.74, 6) is -1.23. The molecule has 2 aromatic rings. The highest BCUT2D eigenvalue weighted by molar-refractivity contribution is 6.31. The number of nitrogens with zero attached hydrogens (tertiary/aromatic N) is 1. The molecule has 2 saturated heterocycles. The highest BCUT2D eigenvalue weighted by Crippen LogP contribution is 2.41. The van der Waals surface area contributed by atoms with E-state index in [1.54, 1.807) is 7.11 Å². The minimum Gasteiger partial charge on any atom is -0.494 e. The number of unbranched alkanes of at least 4 members (excludes halogenated alkanes) is 2. The van der Waals surface area contributed by atoms with Gasteiger partial charge in [-0.05, 0) is 61.6 Å². The maximum Gasteiger partial charge on any atom is 0.422 e. The number of hydrogen-bond donors (Lipinski definition) is 0. The predicted molar refractivity (Wildman–Crippen MR) is 128 cm³/mol. The molecule has 0 amide bonds. The van der Waals surface area contributed by atoms with Crippen molar-refractivity contribution in [3.8, 4) is 17.2 Å². The molecule has 2 unspecified atom stereocenters. The number of methoxy groups -OCH3 is 1. The van der Waals surface area contributed by atoms with Crippen molar-refractivity contribution in [2.75, 3.05) is 26.8 Å². The molecule has 8 heteroatoms. The molecule has 188 valence electrons. The lowest BCUT2D eigenvalue weighted by atomic mass is 9.87. The number of hydrogen-bond acceptors (Lipinski definition) is 8. The number of para-hydroxylation sites is 1. The quantitative estimate of drug-likeness (QED) is 0.262. The van der Waals surface area contributed by atoms with E-state index in [0.717, 1.165) is 42.9 Å². The van der Waals surface area contributed by atoms with Gasteiger partial charge in [0.05, 0.1) is 6.61 Å². The Morgan fingerprint density at radius 1 is 0.943 bits per heavy atom. The Morgan fingerprint density at radius 2 is 1.60 bits per heavy atom. The van der Waals surface area contributed by atoms with Crippen molar-refractivity contribution in [1.82, 2.24) is 4.90 Å². The standard InChI is InChI=1S/C27H33NO7/c1-3-4-8-17-28-18-15-20(24(31-2)27(28)34-25(29)26(30)35-27)16-19-32-21-11-13-23(14-12-21)33-22-9-6-5-7-10-22/h5-7,9-14,20,24H,3-4,8,15-19H2,1-2H3. The minimum absolute atomic E-state index is 0.0122. The highest BCUT2D eigenvalue weighted by Gasteiger charge is 2.62. The van der Waals surface area contributed by atoms with Crippen molar-refractivity contribution in [2.24, 2.45) is 5.92 Å². The monoisotopic (exact) mass is 483 g/mol. The van der Waals surface area contributed by atoms with E-state index in [9.17, 15) is 9.59 Å². The van der Waals surface area contributed by atoms with Crippen LogP contribution < -0.4 is 9.47 Å². The molecular formula is C27H33NO7. The van der Waals surface area contributed by atoms with Crippen molar-refractivity contribution < 1.29 is 33.3 Å². The molecule has 0 bridgehead atoms. The summed E-state index contributed by atoms with van der Waals surface area (Å²) in [6, 6.07) is 17.0. The first kappa shape index (κ1) is 25.0. The zero-order valence-electron chi connectivity index (χ0n) is 20.3.